The Morgan fingerprint density at radius 2 is 2.17 bits per heavy atom. The largest absolute Gasteiger partial charge is 0.477 e. The number of rotatable bonds is 4. The number of hydrogen-bond acceptors (Lipinski definition) is 3. The van der Waals surface area contributed by atoms with E-state index < -0.39 is 5.97 Å². The molecule has 1 heterocycles. The van der Waals surface area contributed by atoms with Crippen LogP contribution in [0.4, 0.5) is 5.69 Å². The number of anilines is 1. The number of carboxylic acids is 1. The topological polar surface area (TPSA) is 40.5 Å². The Labute approximate surface area is 111 Å². The van der Waals surface area contributed by atoms with E-state index >= 15 is 0 Å². The van der Waals surface area contributed by atoms with Crippen LogP contribution in [0.1, 0.15) is 30.4 Å². The number of thiophene rings is 1. The number of aromatic carboxylic acids is 1. The lowest BCUT2D eigenvalue weighted by Gasteiger charge is -2.28. The lowest BCUT2D eigenvalue weighted by atomic mass is 10.1. The molecule has 3 nitrogen and oxygen atoms in total. The summed E-state index contributed by atoms with van der Waals surface area (Å²) in [4.78, 5) is 13.7. The summed E-state index contributed by atoms with van der Waals surface area (Å²) in [6.45, 7) is 7.32. The summed E-state index contributed by atoms with van der Waals surface area (Å²) in [5.74, 6) is -0.852. The summed E-state index contributed by atoms with van der Waals surface area (Å²) in [6.07, 6.45) is 0. The maximum Gasteiger partial charge on any atom is 0.345 e. The van der Waals surface area contributed by atoms with Crippen molar-refractivity contribution in [2.75, 3.05) is 11.4 Å². The normalized spacial score (nSPS) is 11.1. The smallest absolute Gasteiger partial charge is 0.345 e. The zero-order chi connectivity index (χ0) is 13.3. The molecule has 0 bridgehead atoms. The number of nitrogens with zero attached hydrogens (tertiary/aromatic N) is 1. The molecule has 0 aliphatic heterocycles. The lowest BCUT2D eigenvalue weighted by Crippen LogP contribution is -2.30. The van der Waals surface area contributed by atoms with E-state index in [4.69, 9.17) is 5.11 Å². The quantitative estimate of drug-likeness (QED) is 0.911. The highest BCUT2D eigenvalue weighted by Gasteiger charge is 2.15. The highest BCUT2D eigenvalue weighted by atomic mass is 32.1. The van der Waals surface area contributed by atoms with Crippen LogP contribution in [0, 0.1) is 0 Å². The monoisotopic (exact) mass is 263 g/mol. The zero-order valence-electron chi connectivity index (χ0n) is 10.8. The van der Waals surface area contributed by atoms with E-state index in [1.807, 2.05) is 12.1 Å². The van der Waals surface area contributed by atoms with Crippen molar-refractivity contribution in [2.45, 2.75) is 26.8 Å². The van der Waals surface area contributed by atoms with Gasteiger partial charge < -0.3 is 10.0 Å². The van der Waals surface area contributed by atoms with E-state index in [-0.39, 0.29) is 0 Å². The lowest BCUT2D eigenvalue weighted by molar-refractivity contribution is 0.0702. The molecule has 1 aromatic carbocycles. The molecule has 0 atom stereocenters. The van der Waals surface area contributed by atoms with Crippen molar-refractivity contribution in [3.63, 3.8) is 0 Å². The number of benzene rings is 1. The van der Waals surface area contributed by atoms with Gasteiger partial charge in [0.2, 0.25) is 0 Å². The predicted octanol–water partition coefficient (Wildman–Crippen LogP) is 3.83. The summed E-state index contributed by atoms with van der Waals surface area (Å²) in [6, 6.07) is 8.20. The van der Waals surface area contributed by atoms with Gasteiger partial charge in [-0.15, -0.1) is 11.3 Å². The molecule has 0 unspecified atom stereocenters. The predicted molar refractivity (Wildman–Crippen MR) is 76.9 cm³/mol. The molecule has 0 amide bonds. The van der Waals surface area contributed by atoms with Crippen LogP contribution < -0.4 is 4.90 Å². The van der Waals surface area contributed by atoms with Crippen LogP contribution in [0.3, 0.4) is 0 Å². The number of fused-ring (bicyclic) bond motifs is 1. The van der Waals surface area contributed by atoms with Crippen molar-refractivity contribution in [1.82, 2.24) is 0 Å². The molecule has 0 radical (unpaired) electrons. The number of hydrogen-bond donors (Lipinski definition) is 1. The third-order valence-corrected chi connectivity index (χ3v) is 4.11. The average Bonchev–Trinajstić information content (AvgIpc) is 2.74. The van der Waals surface area contributed by atoms with Crippen molar-refractivity contribution in [3.8, 4) is 0 Å². The average molecular weight is 263 g/mol. The van der Waals surface area contributed by atoms with Gasteiger partial charge >= 0.3 is 5.97 Å². The van der Waals surface area contributed by atoms with Crippen molar-refractivity contribution in [2.24, 2.45) is 0 Å². The molecule has 4 heteroatoms. The highest BCUT2D eigenvalue weighted by molar-refractivity contribution is 7.20. The van der Waals surface area contributed by atoms with Crippen molar-refractivity contribution in [3.05, 3.63) is 29.1 Å². The molecule has 0 spiro atoms. The van der Waals surface area contributed by atoms with Gasteiger partial charge in [0, 0.05) is 28.4 Å². The van der Waals surface area contributed by atoms with Gasteiger partial charge in [-0.05, 0) is 39.0 Å². The molecular formula is C14H17NO2S. The van der Waals surface area contributed by atoms with Gasteiger partial charge in [0.05, 0.1) is 0 Å². The second-order valence-corrected chi connectivity index (χ2v) is 5.57. The first-order chi connectivity index (χ1) is 8.54. The van der Waals surface area contributed by atoms with Gasteiger partial charge in [-0.25, -0.2) is 4.79 Å². The zero-order valence-corrected chi connectivity index (χ0v) is 11.6. The Hall–Kier alpha value is -1.55. The van der Waals surface area contributed by atoms with Crippen molar-refractivity contribution >= 4 is 33.1 Å². The van der Waals surface area contributed by atoms with Gasteiger partial charge in [-0.2, -0.15) is 0 Å². The van der Waals surface area contributed by atoms with Gasteiger partial charge in [-0.1, -0.05) is 6.07 Å². The minimum absolute atomic E-state index is 0.397. The molecule has 1 N–H and O–H groups in total. The Balaban J connectivity index is 2.60. The fraction of sp³-hybridized carbons (Fsp3) is 0.357. The third-order valence-electron chi connectivity index (χ3n) is 3.02. The fourth-order valence-corrected chi connectivity index (χ4v) is 3.14. The van der Waals surface area contributed by atoms with Gasteiger partial charge in [0.15, 0.2) is 0 Å². The molecule has 2 rings (SSSR count). The van der Waals surface area contributed by atoms with Crippen LogP contribution in [-0.4, -0.2) is 23.7 Å². The van der Waals surface area contributed by atoms with Gasteiger partial charge in [0.1, 0.15) is 4.88 Å². The van der Waals surface area contributed by atoms with Crippen LogP contribution >= 0.6 is 11.3 Å². The van der Waals surface area contributed by atoms with E-state index in [0.29, 0.717) is 10.9 Å². The Bertz CT molecular complexity index is 574. The maximum atomic E-state index is 11.1. The molecule has 0 aliphatic rings. The molecular weight excluding hydrogens is 246 g/mol. The van der Waals surface area contributed by atoms with E-state index in [2.05, 4.69) is 31.7 Å². The first-order valence-electron chi connectivity index (χ1n) is 6.07. The molecule has 2 aromatic rings. The van der Waals surface area contributed by atoms with Crippen molar-refractivity contribution < 1.29 is 9.90 Å². The molecule has 18 heavy (non-hydrogen) atoms. The van der Waals surface area contributed by atoms with E-state index in [0.717, 1.165) is 22.3 Å². The van der Waals surface area contributed by atoms with Gasteiger partial charge in [0.25, 0.3) is 0 Å². The first-order valence-corrected chi connectivity index (χ1v) is 6.88. The van der Waals surface area contributed by atoms with Crippen LogP contribution in [0.25, 0.3) is 10.1 Å². The van der Waals surface area contributed by atoms with Crippen LogP contribution in [0.15, 0.2) is 24.3 Å². The SMILES string of the molecule is CCN(c1cccc2sc(C(=O)O)cc12)C(C)C. The third kappa shape index (κ3) is 2.20. The Morgan fingerprint density at radius 3 is 2.72 bits per heavy atom. The van der Waals surface area contributed by atoms with Crippen LogP contribution in [-0.2, 0) is 0 Å². The first kappa shape index (κ1) is 12.9. The number of carbonyl (C=O) groups is 1. The second-order valence-electron chi connectivity index (χ2n) is 4.48. The summed E-state index contributed by atoms with van der Waals surface area (Å²) in [5, 5.41) is 10.1. The summed E-state index contributed by atoms with van der Waals surface area (Å²) in [7, 11) is 0. The van der Waals surface area contributed by atoms with E-state index in [1.54, 1.807) is 6.07 Å². The molecule has 96 valence electrons. The highest BCUT2D eigenvalue weighted by Crippen LogP contribution is 2.34. The Morgan fingerprint density at radius 1 is 1.44 bits per heavy atom. The second kappa shape index (κ2) is 4.98. The fourth-order valence-electron chi connectivity index (χ4n) is 2.22. The van der Waals surface area contributed by atoms with Gasteiger partial charge in [-0.3, -0.25) is 0 Å². The van der Waals surface area contributed by atoms with E-state index in [1.165, 1.54) is 11.3 Å². The molecule has 0 aliphatic carbocycles. The molecule has 0 saturated heterocycles. The standard InChI is InChI=1S/C14H17NO2S/c1-4-15(9(2)3)11-6-5-7-12-10(11)8-13(18-12)14(16)17/h5-9H,4H2,1-3H3,(H,16,17). The van der Waals surface area contributed by atoms with Crippen LogP contribution in [0.5, 0.6) is 0 Å². The maximum absolute atomic E-state index is 11.1. The number of carboxylic acid groups (broad SMARTS) is 1. The summed E-state index contributed by atoms with van der Waals surface area (Å²) < 4.78 is 1.03. The minimum Gasteiger partial charge on any atom is -0.477 e. The minimum atomic E-state index is -0.852. The summed E-state index contributed by atoms with van der Waals surface area (Å²) >= 11 is 1.33. The molecule has 1 aromatic heterocycles. The molecule has 0 saturated carbocycles. The van der Waals surface area contributed by atoms with E-state index in [9.17, 15) is 4.79 Å². The molecule has 0 fully saturated rings. The van der Waals surface area contributed by atoms with Crippen LogP contribution in [0.2, 0.25) is 0 Å². The summed E-state index contributed by atoms with van der Waals surface area (Å²) in [5.41, 5.74) is 1.12. The Kier molecular flexibility index (Phi) is 3.57. The van der Waals surface area contributed by atoms with Crippen molar-refractivity contribution in [1.29, 1.82) is 0 Å².